The van der Waals surface area contributed by atoms with Gasteiger partial charge in [-0.2, -0.15) is 18.3 Å². The molecular weight excluding hydrogens is 1110 g/mol. The Hall–Kier alpha value is -3.80. The SMILES string of the molecule is CC(C)OC(=O)c1cc(-c2nn(C)c(C(F)(F)F)c2Br)c(F)cc1Cl.CC1(C)OC(c2ccco2)CN1C(=O)C(Cl)Cl.CCOCN(C(=O)CCl)c1c(C)cccc1CC.O=C(O)CNCP(=O)(O)O. The summed E-state index contributed by atoms with van der Waals surface area (Å²) in [4.78, 5) is 64.0. The Balaban J connectivity index is 0.000000335. The topological polar surface area (TPSA) is 223 Å². The zero-order chi connectivity index (χ0) is 53.5. The smallest absolute Gasteiger partial charge is 0.434 e. The van der Waals surface area contributed by atoms with E-state index in [1.54, 1.807) is 44.9 Å². The first-order valence-electron chi connectivity index (χ1n) is 20.7. The van der Waals surface area contributed by atoms with E-state index in [4.69, 9.17) is 79.9 Å². The number of alkyl halides is 6. The van der Waals surface area contributed by atoms with E-state index in [1.165, 1.54) is 4.90 Å². The molecule has 70 heavy (non-hydrogen) atoms. The lowest BCUT2D eigenvalue weighted by atomic mass is 10.0. The molecule has 0 spiro atoms. The average molecular weight is 1160 g/mol. The predicted molar refractivity (Wildman–Crippen MR) is 258 cm³/mol. The highest BCUT2D eigenvalue weighted by Crippen LogP contribution is 2.41. The van der Waals surface area contributed by atoms with Gasteiger partial charge in [-0.1, -0.05) is 59.9 Å². The van der Waals surface area contributed by atoms with Gasteiger partial charge in [0, 0.05) is 19.2 Å². The van der Waals surface area contributed by atoms with Gasteiger partial charge in [0.25, 0.3) is 5.91 Å². The number of carbonyl (C=O) groups excluding carboxylic acids is 3. The lowest BCUT2D eigenvalue weighted by Crippen LogP contribution is -2.45. The number of hydrogen-bond acceptors (Lipinski definition) is 11. The van der Waals surface area contributed by atoms with Crippen LogP contribution in [0.5, 0.6) is 0 Å². The van der Waals surface area contributed by atoms with E-state index in [1.807, 2.05) is 38.1 Å². The number of carboxylic acid groups (broad SMARTS) is 1. The number of para-hydroxylation sites is 1. The van der Waals surface area contributed by atoms with Crippen LogP contribution in [-0.4, -0.2) is 109 Å². The van der Waals surface area contributed by atoms with Crippen molar-refractivity contribution in [1.82, 2.24) is 20.0 Å². The fraction of sp³-hybridized carbons (Fsp3) is 0.465. The highest BCUT2D eigenvalue weighted by Gasteiger charge is 2.45. The molecule has 2 amide bonds. The van der Waals surface area contributed by atoms with Gasteiger partial charge in [0.2, 0.25) is 5.91 Å². The number of anilines is 1. The molecule has 2 aromatic carbocycles. The predicted octanol–water partition coefficient (Wildman–Crippen LogP) is 9.86. The Labute approximate surface area is 429 Å². The first kappa shape index (κ1) is 62.3. The van der Waals surface area contributed by atoms with Crippen LogP contribution in [0.15, 0.2) is 57.6 Å². The minimum absolute atomic E-state index is 0.0371. The first-order valence-corrected chi connectivity index (χ1v) is 25.1. The number of hydrogen-bond donors (Lipinski definition) is 4. The molecule has 1 saturated heterocycles. The van der Waals surface area contributed by atoms with Crippen molar-refractivity contribution in [2.75, 3.05) is 43.5 Å². The molecule has 0 aliphatic carbocycles. The van der Waals surface area contributed by atoms with E-state index in [-0.39, 0.29) is 52.4 Å². The summed E-state index contributed by atoms with van der Waals surface area (Å²) >= 11 is 25.6. The fourth-order valence-corrected chi connectivity index (χ4v) is 8.07. The second kappa shape index (κ2) is 27.9. The molecule has 1 aliphatic rings. The Bertz CT molecular complexity index is 2440. The number of carbonyl (C=O) groups is 4. The van der Waals surface area contributed by atoms with Gasteiger partial charge in [-0.3, -0.25) is 33.8 Å². The Morgan fingerprint density at radius 1 is 1.11 bits per heavy atom. The monoisotopic (exact) mass is 1160 g/mol. The van der Waals surface area contributed by atoms with Gasteiger partial charge < -0.3 is 38.4 Å². The summed E-state index contributed by atoms with van der Waals surface area (Å²) in [7, 11) is -3.01. The van der Waals surface area contributed by atoms with Crippen LogP contribution in [0.4, 0.5) is 23.2 Å². The van der Waals surface area contributed by atoms with Crippen LogP contribution in [0.25, 0.3) is 11.3 Å². The number of rotatable bonds is 15. The first-order chi connectivity index (χ1) is 32.4. The van der Waals surface area contributed by atoms with Crippen molar-refractivity contribution < 1.29 is 74.8 Å². The lowest BCUT2D eigenvalue weighted by molar-refractivity contribution is -0.145. The summed E-state index contributed by atoms with van der Waals surface area (Å²) in [5, 5.41) is 13.6. The van der Waals surface area contributed by atoms with Crippen molar-refractivity contribution in [1.29, 1.82) is 0 Å². The standard InChI is InChI=1S/C15H12BrClF4N2O2.C14H20ClNO2.C11H13Cl2NO3.C3H8NO5P/c1-6(2)25-14(24)7-4-8(10(18)5-9(7)17)12-11(16)13(15(19,20)21)23(3)22-12;1-4-12-8-6-7-11(3)14(12)16(10-18-5-2)13(17)9-15;1-11(2)14(10(15)9(12)13)6-8(17-11)7-4-3-5-16-7;5-3(6)1-4-2-10(7,8)9/h4-6H,1-3H3;6-8H,4-5,9-10H2,1-3H3;3-5,8-9H,6H2,1-2H3;4H,1-2H2,(H,5,6)(H2,7,8,9). The maximum atomic E-state index is 14.3. The number of benzene rings is 2. The molecular formula is C43H53BrCl4F4N5O12P. The van der Waals surface area contributed by atoms with Crippen molar-refractivity contribution in [2.45, 2.75) is 83.8 Å². The van der Waals surface area contributed by atoms with Crippen LogP contribution >= 0.6 is 69.9 Å². The number of aromatic nitrogens is 2. The van der Waals surface area contributed by atoms with Gasteiger partial charge in [0.1, 0.15) is 41.7 Å². The summed E-state index contributed by atoms with van der Waals surface area (Å²) < 4.78 is 85.1. The van der Waals surface area contributed by atoms with Gasteiger partial charge in [0.05, 0.1) is 52.5 Å². The van der Waals surface area contributed by atoms with Crippen LogP contribution in [0, 0.1) is 12.7 Å². The van der Waals surface area contributed by atoms with Crippen LogP contribution < -0.4 is 10.2 Å². The highest BCUT2D eigenvalue weighted by molar-refractivity contribution is 9.10. The van der Waals surface area contributed by atoms with E-state index in [9.17, 15) is 41.3 Å². The van der Waals surface area contributed by atoms with Crippen molar-refractivity contribution in [3.8, 4) is 11.3 Å². The maximum absolute atomic E-state index is 14.3. The van der Waals surface area contributed by atoms with E-state index in [2.05, 4.69) is 33.3 Å². The normalized spacial score (nSPS) is 14.2. The van der Waals surface area contributed by atoms with Crippen LogP contribution in [0.3, 0.4) is 0 Å². The van der Waals surface area contributed by atoms with Crippen molar-refractivity contribution in [2.24, 2.45) is 7.05 Å². The van der Waals surface area contributed by atoms with Gasteiger partial charge in [-0.05, 0) is 99.3 Å². The van der Waals surface area contributed by atoms with Crippen molar-refractivity contribution >= 4 is 99.4 Å². The summed E-state index contributed by atoms with van der Waals surface area (Å²) in [5.41, 5.74) is 0.526. The van der Waals surface area contributed by atoms with Gasteiger partial charge in [-0.15, -0.1) is 11.6 Å². The molecule has 4 N–H and O–H groups in total. The molecule has 0 radical (unpaired) electrons. The quantitative estimate of drug-likeness (QED) is 0.0286. The molecule has 1 fully saturated rings. The van der Waals surface area contributed by atoms with Crippen LogP contribution in [0.2, 0.25) is 5.02 Å². The van der Waals surface area contributed by atoms with Gasteiger partial charge in [-0.25, -0.2) is 9.18 Å². The number of esters is 1. The van der Waals surface area contributed by atoms with Crippen molar-refractivity contribution in [3.63, 3.8) is 0 Å². The Morgan fingerprint density at radius 2 is 1.76 bits per heavy atom. The van der Waals surface area contributed by atoms with Crippen LogP contribution in [-0.2, 0) is 52.8 Å². The molecule has 1 atom stereocenters. The zero-order valence-electron chi connectivity index (χ0n) is 39.0. The molecule has 27 heteroatoms. The minimum Gasteiger partial charge on any atom is -0.480 e. The minimum atomic E-state index is -4.69. The second-order valence-electron chi connectivity index (χ2n) is 15.4. The average Bonchev–Trinajstić information content (AvgIpc) is 3.97. The number of amides is 2. The molecule has 2 aromatic heterocycles. The molecule has 5 rings (SSSR count). The molecule has 0 saturated carbocycles. The second-order valence-corrected chi connectivity index (χ2v) is 19.6. The number of furan rings is 1. The van der Waals surface area contributed by atoms with Gasteiger partial charge in [0.15, 0.2) is 10.5 Å². The maximum Gasteiger partial charge on any atom is 0.434 e. The lowest BCUT2D eigenvalue weighted by Gasteiger charge is -2.29. The highest BCUT2D eigenvalue weighted by atomic mass is 79.9. The number of halogens is 9. The number of ether oxygens (including phenoxy) is 3. The molecule has 17 nitrogen and oxygen atoms in total. The number of nitrogens with one attached hydrogen (secondary N) is 1. The van der Waals surface area contributed by atoms with E-state index in [0.29, 0.717) is 23.6 Å². The van der Waals surface area contributed by atoms with E-state index in [0.717, 1.165) is 42.4 Å². The third-order valence-electron chi connectivity index (χ3n) is 9.28. The summed E-state index contributed by atoms with van der Waals surface area (Å²) in [6.45, 7) is 13.6. The van der Waals surface area contributed by atoms with Crippen molar-refractivity contribution in [3.05, 3.63) is 92.2 Å². The fourth-order valence-electron chi connectivity index (χ4n) is 6.29. The molecule has 1 aliphatic heterocycles. The van der Waals surface area contributed by atoms with Gasteiger partial charge >= 0.3 is 25.7 Å². The van der Waals surface area contributed by atoms with E-state index < -0.39 is 71.2 Å². The number of aryl methyl sites for hydroxylation is 3. The zero-order valence-corrected chi connectivity index (χ0v) is 44.5. The molecule has 3 heterocycles. The van der Waals surface area contributed by atoms with E-state index >= 15 is 0 Å². The summed E-state index contributed by atoms with van der Waals surface area (Å²) in [5.74, 6) is -2.71. The molecule has 390 valence electrons. The summed E-state index contributed by atoms with van der Waals surface area (Å²) in [6, 6.07) is 11.5. The molecule has 4 aromatic rings. The third-order valence-corrected chi connectivity index (χ3v) is 11.6. The largest absolute Gasteiger partial charge is 0.480 e. The molecule has 1 unspecified atom stereocenters. The molecule has 0 bridgehead atoms. The third kappa shape index (κ3) is 18.7. The summed E-state index contributed by atoms with van der Waals surface area (Å²) in [6.07, 6.45) is -3.58. The Morgan fingerprint density at radius 3 is 2.24 bits per heavy atom. The number of nitrogens with zero attached hydrogens (tertiary/aromatic N) is 4. The number of aliphatic carboxylic acids is 1. The Kier molecular flexibility index (Phi) is 24.8. The number of carboxylic acids is 1. The van der Waals surface area contributed by atoms with Crippen LogP contribution in [0.1, 0.15) is 80.6 Å².